The molecule has 11 heteroatoms. The van der Waals surface area contributed by atoms with Crippen LogP contribution in [-0.4, -0.2) is 70.8 Å². The van der Waals surface area contributed by atoms with Gasteiger partial charge >= 0.3 is 6.09 Å². The van der Waals surface area contributed by atoms with Crippen LogP contribution in [0.1, 0.15) is 13.8 Å². The molecular weight excluding hydrogens is 371 g/mol. The van der Waals surface area contributed by atoms with Gasteiger partial charge in [0.25, 0.3) is 0 Å². The van der Waals surface area contributed by atoms with E-state index in [1.54, 1.807) is 14.0 Å². The van der Waals surface area contributed by atoms with Gasteiger partial charge in [-0.05, 0) is 14.0 Å². The third-order valence-electron chi connectivity index (χ3n) is 4.22. The van der Waals surface area contributed by atoms with Gasteiger partial charge in [-0.1, -0.05) is 0 Å². The second-order valence-corrected chi connectivity index (χ2v) is 6.29. The smallest absolute Gasteiger partial charge is 0.414 e. The molecule has 2 rings (SSSR count). The van der Waals surface area contributed by atoms with Gasteiger partial charge in [-0.25, -0.2) is 13.6 Å². The number of carbonyl (C=O) groups is 2. The van der Waals surface area contributed by atoms with Crippen LogP contribution in [0.15, 0.2) is 12.1 Å². The van der Waals surface area contributed by atoms with Crippen molar-refractivity contribution in [3.8, 4) is 0 Å². The number of ether oxygens (including phenoxy) is 1. The van der Waals surface area contributed by atoms with Crippen LogP contribution in [0.3, 0.4) is 0 Å². The standard InChI is InChI=1S/C17H24BF2N5O3/c1-4-24(25(18)6-5-21-3)16-14(19)7-12(8-15(16)20)23-10-13(28-17(23)27)9-22-11(2)26/h7-8,13,21H,4-6,9-10H2,1-3H3,(H,22,26)/t13-/m0/s1. The van der Waals surface area contributed by atoms with Crippen LogP contribution < -0.4 is 20.5 Å². The lowest BCUT2D eigenvalue weighted by atomic mass is 10.2. The summed E-state index contributed by atoms with van der Waals surface area (Å²) in [7, 11) is 7.65. The predicted molar refractivity (Wildman–Crippen MR) is 102 cm³/mol. The van der Waals surface area contributed by atoms with Crippen LogP contribution in [0.5, 0.6) is 0 Å². The number of carbonyl (C=O) groups excluding carboxylic acids is 2. The second-order valence-electron chi connectivity index (χ2n) is 6.29. The zero-order valence-electron chi connectivity index (χ0n) is 16.2. The molecule has 0 bridgehead atoms. The van der Waals surface area contributed by atoms with Crippen molar-refractivity contribution in [2.24, 2.45) is 0 Å². The highest BCUT2D eigenvalue weighted by Gasteiger charge is 2.33. The monoisotopic (exact) mass is 395 g/mol. The molecule has 0 spiro atoms. The fourth-order valence-corrected chi connectivity index (χ4v) is 2.87. The number of anilines is 2. The summed E-state index contributed by atoms with van der Waals surface area (Å²) in [4.78, 5) is 25.4. The van der Waals surface area contributed by atoms with Crippen molar-refractivity contribution in [1.82, 2.24) is 15.6 Å². The highest BCUT2D eigenvalue weighted by molar-refractivity contribution is 6.05. The molecule has 1 aliphatic heterocycles. The molecule has 2 N–H and O–H groups in total. The number of cyclic esters (lactones) is 1. The third kappa shape index (κ3) is 5.11. The average molecular weight is 395 g/mol. The topological polar surface area (TPSA) is 77.2 Å². The van der Waals surface area contributed by atoms with E-state index in [9.17, 15) is 18.4 Å². The molecule has 2 radical (unpaired) electrons. The van der Waals surface area contributed by atoms with Gasteiger partial charge in [0.2, 0.25) is 13.9 Å². The van der Waals surface area contributed by atoms with E-state index in [2.05, 4.69) is 10.6 Å². The number of nitrogens with zero attached hydrogens (tertiary/aromatic N) is 3. The Morgan fingerprint density at radius 2 is 2.04 bits per heavy atom. The van der Waals surface area contributed by atoms with Crippen LogP contribution in [0.25, 0.3) is 0 Å². The maximum absolute atomic E-state index is 14.7. The molecule has 1 saturated heterocycles. The number of rotatable bonds is 9. The van der Waals surface area contributed by atoms with Gasteiger partial charge < -0.3 is 20.4 Å². The van der Waals surface area contributed by atoms with E-state index < -0.39 is 23.8 Å². The summed E-state index contributed by atoms with van der Waals surface area (Å²) in [5, 5.41) is 6.74. The van der Waals surface area contributed by atoms with E-state index >= 15 is 0 Å². The van der Waals surface area contributed by atoms with Gasteiger partial charge in [-0.15, -0.1) is 0 Å². The number of amides is 2. The number of halogens is 2. The Kier molecular flexibility index (Phi) is 7.58. The van der Waals surface area contributed by atoms with Crippen LogP contribution in [0.2, 0.25) is 0 Å². The fraction of sp³-hybridized carbons (Fsp3) is 0.529. The molecule has 8 nitrogen and oxygen atoms in total. The summed E-state index contributed by atoms with van der Waals surface area (Å²) in [6, 6.07) is 2.13. The van der Waals surface area contributed by atoms with Crippen molar-refractivity contribution in [3.05, 3.63) is 23.8 Å². The summed E-state index contributed by atoms with van der Waals surface area (Å²) in [6.45, 7) is 4.37. The van der Waals surface area contributed by atoms with Gasteiger partial charge in [0.1, 0.15) is 11.8 Å². The molecule has 28 heavy (non-hydrogen) atoms. The SMILES string of the molecule is [B]N(CCNC)N(CC)c1c(F)cc(N2C[C@H](CNC(C)=O)OC2=O)cc1F. The number of hydrogen-bond acceptors (Lipinski definition) is 6. The second kappa shape index (κ2) is 9.69. The summed E-state index contributed by atoms with van der Waals surface area (Å²) in [5.41, 5.74) is -0.267. The van der Waals surface area contributed by atoms with E-state index in [1.165, 1.54) is 16.9 Å². The quantitative estimate of drug-likeness (QED) is 0.475. The van der Waals surface area contributed by atoms with Crippen LogP contribution >= 0.6 is 0 Å². The lowest BCUT2D eigenvalue weighted by molar-refractivity contribution is -0.119. The summed E-state index contributed by atoms with van der Waals surface area (Å²) in [6.07, 6.45) is -1.33. The number of likely N-dealkylation sites (N-methyl/N-ethyl adjacent to an activating group) is 1. The van der Waals surface area contributed by atoms with Crippen LogP contribution in [0.4, 0.5) is 25.0 Å². The Balaban J connectivity index is 2.21. The normalized spacial score (nSPS) is 16.4. The first kappa shape index (κ1) is 21.9. The molecule has 2 amide bonds. The Bertz CT molecular complexity index is 701. The highest BCUT2D eigenvalue weighted by Crippen LogP contribution is 2.31. The minimum absolute atomic E-state index is 0.0314. The minimum atomic E-state index is -0.852. The first-order valence-corrected chi connectivity index (χ1v) is 8.94. The van der Waals surface area contributed by atoms with Crippen molar-refractivity contribution in [1.29, 1.82) is 0 Å². The summed E-state index contributed by atoms with van der Waals surface area (Å²) < 4.78 is 34.6. The van der Waals surface area contributed by atoms with Crippen LogP contribution in [-0.2, 0) is 9.53 Å². The molecule has 1 atom stereocenters. The lowest BCUT2D eigenvalue weighted by Gasteiger charge is -2.34. The molecule has 0 aromatic heterocycles. The van der Waals surface area contributed by atoms with Gasteiger partial charge in [-0.3, -0.25) is 14.6 Å². The third-order valence-corrected chi connectivity index (χ3v) is 4.22. The van der Waals surface area contributed by atoms with E-state index in [1.807, 2.05) is 0 Å². The molecule has 1 aromatic rings. The van der Waals surface area contributed by atoms with E-state index in [4.69, 9.17) is 12.7 Å². The van der Waals surface area contributed by atoms with Crippen molar-refractivity contribution < 1.29 is 23.1 Å². The first-order valence-electron chi connectivity index (χ1n) is 8.94. The summed E-state index contributed by atoms with van der Waals surface area (Å²) >= 11 is 0. The minimum Gasteiger partial charge on any atom is -0.442 e. The Morgan fingerprint density at radius 1 is 1.39 bits per heavy atom. The largest absolute Gasteiger partial charge is 0.442 e. The van der Waals surface area contributed by atoms with E-state index in [0.717, 1.165) is 17.0 Å². The first-order chi connectivity index (χ1) is 13.3. The molecule has 0 saturated carbocycles. The zero-order valence-corrected chi connectivity index (χ0v) is 16.2. The average Bonchev–Trinajstić information content (AvgIpc) is 3.01. The molecule has 1 aromatic carbocycles. The Morgan fingerprint density at radius 3 is 2.57 bits per heavy atom. The van der Waals surface area contributed by atoms with Gasteiger partial charge in [0.05, 0.1) is 18.8 Å². The summed E-state index contributed by atoms with van der Waals surface area (Å²) in [5.74, 6) is -1.97. The Labute approximate surface area is 164 Å². The number of nitrogens with one attached hydrogen (secondary N) is 2. The lowest BCUT2D eigenvalue weighted by Crippen LogP contribution is -2.45. The van der Waals surface area contributed by atoms with E-state index in [-0.39, 0.29) is 36.9 Å². The molecule has 0 aliphatic carbocycles. The van der Waals surface area contributed by atoms with Gasteiger partial charge in [0, 0.05) is 38.7 Å². The number of hydrogen-bond donors (Lipinski definition) is 2. The zero-order chi connectivity index (χ0) is 20.8. The maximum Gasteiger partial charge on any atom is 0.414 e. The number of benzene rings is 1. The van der Waals surface area contributed by atoms with Crippen LogP contribution in [0, 0.1) is 11.6 Å². The van der Waals surface area contributed by atoms with Crippen molar-refractivity contribution >= 4 is 31.4 Å². The van der Waals surface area contributed by atoms with Gasteiger partial charge in [0.15, 0.2) is 11.6 Å². The molecule has 1 aliphatic rings. The molecule has 152 valence electrons. The van der Waals surface area contributed by atoms with Crippen molar-refractivity contribution in [3.63, 3.8) is 0 Å². The van der Waals surface area contributed by atoms with E-state index in [0.29, 0.717) is 13.1 Å². The Hall–Kier alpha value is -2.40. The molecular formula is C17H24BF2N5O3. The molecule has 1 heterocycles. The molecule has 0 unspecified atom stereocenters. The maximum atomic E-state index is 14.7. The van der Waals surface area contributed by atoms with Crippen molar-refractivity contribution in [2.75, 3.05) is 49.7 Å². The van der Waals surface area contributed by atoms with Crippen molar-refractivity contribution in [2.45, 2.75) is 20.0 Å². The number of hydrazine groups is 1. The highest BCUT2D eigenvalue weighted by atomic mass is 19.1. The van der Waals surface area contributed by atoms with Gasteiger partial charge in [-0.2, -0.15) is 0 Å². The predicted octanol–water partition coefficient (Wildman–Crippen LogP) is 0.772. The fourth-order valence-electron chi connectivity index (χ4n) is 2.87. The molecule has 1 fully saturated rings.